The van der Waals surface area contributed by atoms with Gasteiger partial charge in [0, 0.05) is 0 Å². The highest BCUT2D eigenvalue weighted by Crippen LogP contribution is 2.32. The smallest absolute Gasteiger partial charge is 0.416 e. The van der Waals surface area contributed by atoms with Gasteiger partial charge in [-0.2, -0.15) is 13.2 Å². The molecule has 0 saturated carbocycles. The molecule has 2 aromatic rings. The second-order valence-corrected chi connectivity index (χ2v) is 5.37. The fourth-order valence-corrected chi connectivity index (χ4v) is 2.08. The molecule has 0 fully saturated rings. The van der Waals surface area contributed by atoms with Gasteiger partial charge in [0.15, 0.2) is 0 Å². The lowest BCUT2D eigenvalue weighted by atomic mass is 10.0. The predicted octanol–water partition coefficient (Wildman–Crippen LogP) is 5.70. The van der Waals surface area contributed by atoms with E-state index in [1.165, 1.54) is 12.1 Å². The third-order valence-electron chi connectivity index (χ3n) is 2.94. The fraction of sp³-hybridized carbons (Fsp3) is 0.294. The molecule has 0 amide bonds. The van der Waals surface area contributed by atoms with Gasteiger partial charge in [-0.1, -0.05) is 32.0 Å². The molecule has 1 nitrogen and oxygen atoms in total. The van der Waals surface area contributed by atoms with Crippen molar-refractivity contribution < 1.29 is 17.9 Å². The summed E-state index contributed by atoms with van der Waals surface area (Å²) in [5.41, 5.74) is 0.396. The van der Waals surface area contributed by atoms with Crippen molar-refractivity contribution in [2.24, 2.45) is 5.92 Å². The van der Waals surface area contributed by atoms with Gasteiger partial charge in [-0.05, 0) is 48.2 Å². The summed E-state index contributed by atoms with van der Waals surface area (Å²) in [7, 11) is 0. The van der Waals surface area contributed by atoms with E-state index in [0.717, 1.165) is 24.1 Å². The lowest BCUT2D eigenvalue weighted by Crippen LogP contribution is -2.04. The van der Waals surface area contributed by atoms with Gasteiger partial charge in [-0.3, -0.25) is 0 Å². The van der Waals surface area contributed by atoms with Crippen molar-refractivity contribution >= 4 is 0 Å². The van der Waals surface area contributed by atoms with Crippen molar-refractivity contribution in [3.63, 3.8) is 0 Å². The van der Waals surface area contributed by atoms with Crippen molar-refractivity contribution in [1.82, 2.24) is 0 Å². The van der Waals surface area contributed by atoms with Gasteiger partial charge in [-0.15, -0.1) is 0 Å². The first-order valence-corrected chi connectivity index (χ1v) is 6.78. The maximum absolute atomic E-state index is 12.7. The summed E-state index contributed by atoms with van der Waals surface area (Å²) in [5.74, 6) is 1.24. The van der Waals surface area contributed by atoms with E-state index >= 15 is 0 Å². The van der Waals surface area contributed by atoms with Crippen LogP contribution in [0.4, 0.5) is 13.2 Å². The van der Waals surface area contributed by atoms with Crippen LogP contribution in [-0.2, 0) is 12.6 Å². The highest BCUT2D eigenvalue weighted by molar-refractivity contribution is 5.36. The Morgan fingerprint density at radius 2 is 1.57 bits per heavy atom. The van der Waals surface area contributed by atoms with Crippen molar-refractivity contribution in [3.8, 4) is 11.5 Å². The molecule has 0 unspecified atom stereocenters. The third-order valence-corrected chi connectivity index (χ3v) is 2.94. The van der Waals surface area contributed by atoms with E-state index in [1.54, 1.807) is 6.07 Å². The van der Waals surface area contributed by atoms with Gasteiger partial charge in [0.2, 0.25) is 0 Å². The van der Waals surface area contributed by atoms with Crippen LogP contribution in [0.5, 0.6) is 11.5 Å². The molecule has 0 N–H and O–H groups in total. The standard InChI is InChI=1S/C17H17F3O/c1-12(2)9-13-5-3-7-15(10-13)21-16-8-4-6-14(11-16)17(18,19)20/h3-8,10-12H,9H2,1-2H3. The van der Waals surface area contributed by atoms with Crippen LogP contribution in [0.2, 0.25) is 0 Å². The van der Waals surface area contributed by atoms with Crippen LogP contribution < -0.4 is 4.74 Å². The molecule has 2 rings (SSSR count). The zero-order valence-electron chi connectivity index (χ0n) is 11.9. The molecule has 4 heteroatoms. The minimum absolute atomic E-state index is 0.187. The molecule has 112 valence electrons. The largest absolute Gasteiger partial charge is 0.457 e. The predicted molar refractivity (Wildman–Crippen MR) is 76.5 cm³/mol. The number of ether oxygens (including phenoxy) is 1. The molecular weight excluding hydrogens is 277 g/mol. The van der Waals surface area contributed by atoms with Gasteiger partial charge >= 0.3 is 6.18 Å². The Balaban J connectivity index is 2.18. The molecule has 0 spiro atoms. The Morgan fingerprint density at radius 3 is 2.19 bits per heavy atom. The summed E-state index contributed by atoms with van der Waals surface area (Å²) < 4.78 is 43.5. The Morgan fingerprint density at radius 1 is 0.952 bits per heavy atom. The number of hydrogen-bond donors (Lipinski definition) is 0. The first-order chi connectivity index (χ1) is 9.84. The van der Waals surface area contributed by atoms with Crippen LogP contribution in [0.3, 0.4) is 0 Å². The number of rotatable bonds is 4. The lowest BCUT2D eigenvalue weighted by Gasteiger charge is -2.11. The summed E-state index contributed by atoms with van der Waals surface area (Å²) in [4.78, 5) is 0. The molecule has 0 radical (unpaired) electrons. The van der Waals surface area contributed by atoms with Crippen molar-refractivity contribution in [3.05, 3.63) is 59.7 Å². The summed E-state index contributed by atoms with van der Waals surface area (Å²) >= 11 is 0. The summed E-state index contributed by atoms with van der Waals surface area (Å²) in [6.45, 7) is 4.22. The van der Waals surface area contributed by atoms with E-state index < -0.39 is 11.7 Å². The summed E-state index contributed by atoms with van der Waals surface area (Å²) in [6.07, 6.45) is -3.46. The zero-order valence-corrected chi connectivity index (χ0v) is 11.9. The molecule has 0 atom stereocenters. The minimum atomic E-state index is -4.36. The van der Waals surface area contributed by atoms with Crippen LogP contribution >= 0.6 is 0 Å². The van der Waals surface area contributed by atoms with Crippen molar-refractivity contribution in [1.29, 1.82) is 0 Å². The normalized spacial score (nSPS) is 11.7. The van der Waals surface area contributed by atoms with Gasteiger partial charge in [-0.25, -0.2) is 0 Å². The van der Waals surface area contributed by atoms with E-state index in [2.05, 4.69) is 13.8 Å². The molecular formula is C17H17F3O. The van der Waals surface area contributed by atoms with Crippen LogP contribution in [0, 0.1) is 5.92 Å². The molecule has 21 heavy (non-hydrogen) atoms. The molecule has 0 aliphatic rings. The minimum Gasteiger partial charge on any atom is -0.457 e. The molecule has 2 aromatic carbocycles. The van der Waals surface area contributed by atoms with Crippen molar-refractivity contribution in [2.75, 3.05) is 0 Å². The second-order valence-electron chi connectivity index (χ2n) is 5.37. The van der Waals surface area contributed by atoms with Crippen LogP contribution in [0.25, 0.3) is 0 Å². The van der Waals surface area contributed by atoms with E-state index in [9.17, 15) is 13.2 Å². The number of alkyl halides is 3. The van der Waals surface area contributed by atoms with Gasteiger partial charge in [0.25, 0.3) is 0 Å². The topological polar surface area (TPSA) is 9.23 Å². The van der Waals surface area contributed by atoms with Crippen LogP contribution in [0.15, 0.2) is 48.5 Å². The quantitative estimate of drug-likeness (QED) is 0.703. The van der Waals surface area contributed by atoms with E-state index in [1.807, 2.05) is 18.2 Å². The number of halogens is 3. The van der Waals surface area contributed by atoms with E-state index in [4.69, 9.17) is 4.74 Å². The maximum Gasteiger partial charge on any atom is 0.416 e. The fourth-order valence-electron chi connectivity index (χ4n) is 2.08. The van der Waals surface area contributed by atoms with Gasteiger partial charge < -0.3 is 4.74 Å². The maximum atomic E-state index is 12.7. The lowest BCUT2D eigenvalue weighted by molar-refractivity contribution is -0.137. The molecule has 0 aliphatic carbocycles. The summed E-state index contributed by atoms with van der Waals surface area (Å²) in [5, 5.41) is 0. The monoisotopic (exact) mass is 294 g/mol. The first-order valence-electron chi connectivity index (χ1n) is 6.78. The van der Waals surface area contributed by atoms with Crippen molar-refractivity contribution in [2.45, 2.75) is 26.4 Å². The van der Waals surface area contributed by atoms with Crippen LogP contribution in [0.1, 0.15) is 25.0 Å². The molecule has 0 bridgehead atoms. The van der Waals surface area contributed by atoms with Gasteiger partial charge in [0.1, 0.15) is 11.5 Å². The second kappa shape index (κ2) is 6.20. The molecule has 0 aromatic heterocycles. The Labute approximate surface area is 122 Å². The summed E-state index contributed by atoms with van der Waals surface area (Å²) in [6, 6.07) is 12.3. The average Bonchev–Trinajstić information content (AvgIpc) is 2.37. The van der Waals surface area contributed by atoms with Crippen LogP contribution in [-0.4, -0.2) is 0 Å². The van der Waals surface area contributed by atoms with E-state index in [-0.39, 0.29) is 5.75 Å². The van der Waals surface area contributed by atoms with E-state index in [0.29, 0.717) is 11.7 Å². The van der Waals surface area contributed by atoms with Gasteiger partial charge in [0.05, 0.1) is 5.56 Å². The Bertz CT molecular complexity index is 603. The zero-order chi connectivity index (χ0) is 15.5. The SMILES string of the molecule is CC(C)Cc1cccc(Oc2cccc(C(F)(F)F)c2)c1. The number of benzene rings is 2. The molecule has 0 aliphatic heterocycles. The molecule has 0 saturated heterocycles. The average molecular weight is 294 g/mol. The first kappa shape index (κ1) is 15.4. The highest BCUT2D eigenvalue weighted by Gasteiger charge is 2.30. The number of hydrogen-bond acceptors (Lipinski definition) is 1. The Kier molecular flexibility index (Phi) is 4.56. The Hall–Kier alpha value is -1.97. The highest BCUT2D eigenvalue weighted by atomic mass is 19.4. The third kappa shape index (κ3) is 4.52. The molecule has 0 heterocycles.